The van der Waals surface area contributed by atoms with Crippen molar-refractivity contribution >= 4 is 15.9 Å². The standard InChI is InChI=1S/C21H24N2O6S/c1-15-5-6-17(30(25,26)23-7-9-27-10-8-23)13-18(15)21(24)22-14-16-3-2-4-19-20(16)29-12-11-28-19/h2-6,13H,7-12,14H2,1H3,(H,22,24). The van der Waals surface area contributed by atoms with Crippen molar-refractivity contribution in [3.05, 3.63) is 53.1 Å². The highest BCUT2D eigenvalue weighted by atomic mass is 32.2. The summed E-state index contributed by atoms with van der Waals surface area (Å²) >= 11 is 0. The number of nitrogens with one attached hydrogen (secondary N) is 1. The van der Waals surface area contributed by atoms with Gasteiger partial charge in [-0.05, 0) is 30.7 Å². The molecule has 4 rings (SSSR count). The summed E-state index contributed by atoms with van der Waals surface area (Å²) < 4.78 is 43.7. The van der Waals surface area contributed by atoms with Crippen LogP contribution in [0.4, 0.5) is 0 Å². The minimum absolute atomic E-state index is 0.106. The third kappa shape index (κ3) is 4.14. The maximum absolute atomic E-state index is 12.9. The predicted molar refractivity (Wildman–Crippen MR) is 109 cm³/mol. The van der Waals surface area contributed by atoms with Crippen LogP contribution in [0.5, 0.6) is 11.5 Å². The Morgan fingerprint density at radius 1 is 1.07 bits per heavy atom. The first-order valence-corrected chi connectivity index (χ1v) is 11.2. The fourth-order valence-corrected chi connectivity index (χ4v) is 4.92. The molecule has 1 amide bonds. The highest BCUT2D eigenvalue weighted by molar-refractivity contribution is 7.89. The van der Waals surface area contributed by atoms with Gasteiger partial charge in [0.2, 0.25) is 10.0 Å². The Hall–Kier alpha value is -2.62. The SMILES string of the molecule is Cc1ccc(S(=O)(=O)N2CCOCC2)cc1C(=O)NCc1cccc2c1OCCO2. The van der Waals surface area contributed by atoms with Crippen molar-refractivity contribution in [3.63, 3.8) is 0 Å². The number of morpholine rings is 1. The zero-order valence-electron chi connectivity index (χ0n) is 16.7. The second-order valence-corrected chi connectivity index (χ2v) is 9.06. The van der Waals surface area contributed by atoms with Crippen LogP contribution < -0.4 is 14.8 Å². The summed E-state index contributed by atoms with van der Waals surface area (Å²) in [4.78, 5) is 13.0. The number of ether oxygens (including phenoxy) is 3. The van der Waals surface area contributed by atoms with Crippen LogP contribution in [0.1, 0.15) is 21.5 Å². The van der Waals surface area contributed by atoms with Crippen molar-refractivity contribution < 1.29 is 27.4 Å². The first kappa shape index (κ1) is 20.6. The number of hydrogen-bond acceptors (Lipinski definition) is 6. The molecule has 2 aromatic rings. The van der Waals surface area contributed by atoms with E-state index in [0.29, 0.717) is 62.1 Å². The second-order valence-electron chi connectivity index (χ2n) is 7.12. The van der Waals surface area contributed by atoms with Gasteiger partial charge in [0.05, 0.1) is 18.1 Å². The van der Waals surface area contributed by atoms with Crippen molar-refractivity contribution in [2.45, 2.75) is 18.4 Å². The highest BCUT2D eigenvalue weighted by Gasteiger charge is 2.27. The molecule has 0 radical (unpaired) electrons. The number of carbonyl (C=O) groups excluding carboxylic acids is 1. The molecule has 9 heteroatoms. The number of hydrogen-bond donors (Lipinski definition) is 1. The minimum Gasteiger partial charge on any atom is -0.486 e. The second kappa shape index (κ2) is 8.63. The molecule has 1 N–H and O–H groups in total. The molecular formula is C21H24N2O6S. The number of benzene rings is 2. The zero-order valence-corrected chi connectivity index (χ0v) is 17.5. The van der Waals surface area contributed by atoms with Crippen LogP contribution in [-0.2, 0) is 21.3 Å². The van der Waals surface area contributed by atoms with Gasteiger partial charge in [-0.1, -0.05) is 18.2 Å². The maximum atomic E-state index is 12.9. The average Bonchev–Trinajstić information content (AvgIpc) is 2.78. The van der Waals surface area contributed by atoms with Crippen LogP contribution in [-0.4, -0.2) is 58.1 Å². The van der Waals surface area contributed by atoms with Gasteiger partial charge in [0.1, 0.15) is 13.2 Å². The number of sulfonamides is 1. The molecule has 0 aliphatic carbocycles. The summed E-state index contributed by atoms with van der Waals surface area (Å²) in [7, 11) is -3.68. The van der Waals surface area contributed by atoms with Crippen molar-refractivity contribution in [3.8, 4) is 11.5 Å². The van der Waals surface area contributed by atoms with Crippen LogP contribution in [0, 0.1) is 6.92 Å². The van der Waals surface area contributed by atoms with E-state index in [1.807, 2.05) is 18.2 Å². The Morgan fingerprint density at radius 3 is 2.63 bits per heavy atom. The quantitative estimate of drug-likeness (QED) is 0.773. The minimum atomic E-state index is -3.68. The van der Waals surface area contributed by atoms with E-state index in [0.717, 1.165) is 5.56 Å². The van der Waals surface area contributed by atoms with Gasteiger partial charge in [0.25, 0.3) is 5.91 Å². The van der Waals surface area contributed by atoms with E-state index < -0.39 is 10.0 Å². The van der Waals surface area contributed by atoms with Crippen molar-refractivity contribution in [2.24, 2.45) is 0 Å². The Balaban J connectivity index is 1.53. The van der Waals surface area contributed by atoms with E-state index in [2.05, 4.69) is 5.32 Å². The Morgan fingerprint density at radius 2 is 1.83 bits per heavy atom. The molecule has 2 aromatic carbocycles. The number of para-hydroxylation sites is 1. The molecule has 0 atom stereocenters. The average molecular weight is 432 g/mol. The summed E-state index contributed by atoms with van der Waals surface area (Å²) in [5, 5.41) is 2.86. The summed E-state index contributed by atoms with van der Waals surface area (Å²) in [5.41, 5.74) is 1.82. The van der Waals surface area contributed by atoms with Crippen LogP contribution in [0.3, 0.4) is 0 Å². The maximum Gasteiger partial charge on any atom is 0.251 e. The fraction of sp³-hybridized carbons (Fsp3) is 0.381. The lowest BCUT2D eigenvalue weighted by Gasteiger charge is -2.26. The largest absolute Gasteiger partial charge is 0.486 e. The molecule has 0 aromatic heterocycles. The fourth-order valence-electron chi connectivity index (χ4n) is 3.49. The smallest absolute Gasteiger partial charge is 0.251 e. The van der Waals surface area contributed by atoms with Gasteiger partial charge in [-0.15, -0.1) is 0 Å². The molecule has 2 aliphatic rings. The van der Waals surface area contributed by atoms with Crippen molar-refractivity contribution in [2.75, 3.05) is 39.5 Å². The van der Waals surface area contributed by atoms with Gasteiger partial charge < -0.3 is 19.5 Å². The molecule has 0 saturated carbocycles. The summed E-state index contributed by atoms with van der Waals surface area (Å²) in [5.74, 6) is 0.938. The van der Waals surface area contributed by atoms with E-state index in [-0.39, 0.29) is 17.3 Å². The Labute approximate surface area is 175 Å². The highest BCUT2D eigenvalue weighted by Crippen LogP contribution is 2.33. The molecule has 1 saturated heterocycles. The molecule has 160 valence electrons. The molecule has 1 fully saturated rings. The molecule has 2 aliphatic heterocycles. The molecule has 0 bridgehead atoms. The van der Waals surface area contributed by atoms with Gasteiger partial charge in [-0.3, -0.25) is 4.79 Å². The Bertz CT molecular complexity index is 1050. The lowest BCUT2D eigenvalue weighted by molar-refractivity contribution is 0.0730. The van der Waals surface area contributed by atoms with E-state index in [1.165, 1.54) is 16.4 Å². The van der Waals surface area contributed by atoms with Crippen LogP contribution in [0.15, 0.2) is 41.3 Å². The first-order chi connectivity index (χ1) is 14.5. The van der Waals surface area contributed by atoms with E-state index in [4.69, 9.17) is 14.2 Å². The molecule has 30 heavy (non-hydrogen) atoms. The number of amides is 1. The molecule has 0 unspecified atom stereocenters. The lowest BCUT2D eigenvalue weighted by Crippen LogP contribution is -2.40. The van der Waals surface area contributed by atoms with Gasteiger partial charge in [-0.2, -0.15) is 4.31 Å². The number of nitrogens with zero attached hydrogens (tertiary/aromatic N) is 1. The molecule has 2 heterocycles. The third-order valence-corrected chi connectivity index (χ3v) is 7.04. The van der Waals surface area contributed by atoms with E-state index in [9.17, 15) is 13.2 Å². The van der Waals surface area contributed by atoms with E-state index in [1.54, 1.807) is 13.0 Å². The number of aryl methyl sites for hydroxylation is 1. The van der Waals surface area contributed by atoms with Gasteiger partial charge in [0, 0.05) is 30.8 Å². The van der Waals surface area contributed by atoms with Crippen molar-refractivity contribution in [1.82, 2.24) is 9.62 Å². The Kier molecular flexibility index (Phi) is 5.94. The topological polar surface area (TPSA) is 94.2 Å². The van der Waals surface area contributed by atoms with Gasteiger partial charge in [-0.25, -0.2) is 8.42 Å². The summed E-state index contributed by atoms with van der Waals surface area (Å²) in [6, 6.07) is 10.2. The van der Waals surface area contributed by atoms with Crippen molar-refractivity contribution in [1.29, 1.82) is 0 Å². The third-order valence-electron chi connectivity index (χ3n) is 5.15. The first-order valence-electron chi connectivity index (χ1n) is 9.81. The molecular weight excluding hydrogens is 408 g/mol. The number of rotatable bonds is 5. The summed E-state index contributed by atoms with van der Waals surface area (Å²) in [6.07, 6.45) is 0. The molecule has 0 spiro atoms. The molecule has 8 nitrogen and oxygen atoms in total. The van der Waals surface area contributed by atoms with Crippen LogP contribution in [0.2, 0.25) is 0 Å². The zero-order chi connectivity index (χ0) is 21.1. The van der Waals surface area contributed by atoms with Crippen LogP contribution >= 0.6 is 0 Å². The summed E-state index contributed by atoms with van der Waals surface area (Å²) in [6.45, 7) is 4.31. The number of fused-ring (bicyclic) bond motifs is 1. The normalized spacial score (nSPS) is 16.8. The predicted octanol–water partition coefficient (Wildman–Crippen LogP) is 1.72. The monoisotopic (exact) mass is 432 g/mol. The van der Waals surface area contributed by atoms with Gasteiger partial charge >= 0.3 is 0 Å². The lowest BCUT2D eigenvalue weighted by atomic mass is 10.1. The van der Waals surface area contributed by atoms with Gasteiger partial charge in [0.15, 0.2) is 11.5 Å². The number of carbonyl (C=O) groups is 1. The van der Waals surface area contributed by atoms with Crippen LogP contribution in [0.25, 0.3) is 0 Å². The van der Waals surface area contributed by atoms with E-state index >= 15 is 0 Å².